The zero-order valence-electron chi connectivity index (χ0n) is 14.7. The molecule has 2 nitrogen and oxygen atoms in total. The number of carbonyl (C=O) groups excluding carboxylic acids is 1. The fraction of sp³-hybridized carbons (Fsp3) is 0.550. The Hall–Kier alpha value is -1.96. The molecule has 0 N–H and O–H groups in total. The van der Waals surface area contributed by atoms with Gasteiger partial charge in [-0.05, 0) is 18.6 Å². The summed E-state index contributed by atoms with van der Waals surface area (Å²) in [5.74, 6) is -0.0846. The number of benzene rings is 1. The quantitative estimate of drug-likeness (QED) is 0.230. The van der Waals surface area contributed by atoms with Gasteiger partial charge in [0.25, 0.3) is 0 Å². The second-order valence-corrected chi connectivity index (χ2v) is 5.88. The minimum Gasteiger partial charge on any atom is -0.449 e. The van der Waals surface area contributed by atoms with Crippen molar-refractivity contribution in [1.29, 1.82) is 0 Å². The van der Waals surface area contributed by atoms with Gasteiger partial charge in [0.15, 0.2) is 24.1 Å². The van der Waals surface area contributed by atoms with E-state index in [4.69, 9.17) is 4.74 Å². The molecule has 0 saturated carbocycles. The van der Waals surface area contributed by atoms with Crippen molar-refractivity contribution in [3.05, 3.63) is 35.1 Å². The summed E-state index contributed by atoms with van der Waals surface area (Å²) in [6.07, 6.45) is 10.4. The Morgan fingerprint density at radius 3 is 2.24 bits per heavy atom. The highest BCUT2D eigenvalue weighted by atomic mass is 19.2. The summed E-state index contributed by atoms with van der Waals surface area (Å²) in [7, 11) is 0. The molecule has 138 valence electrons. The van der Waals surface area contributed by atoms with E-state index in [1.165, 1.54) is 38.5 Å². The topological polar surface area (TPSA) is 26.3 Å². The largest absolute Gasteiger partial charge is 0.449 e. The second kappa shape index (κ2) is 12.4. The third-order valence-corrected chi connectivity index (χ3v) is 3.81. The molecule has 0 unspecified atom stereocenters. The number of esters is 1. The molecule has 0 bridgehead atoms. The summed E-state index contributed by atoms with van der Waals surface area (Å²) in [6, 6.07) is 1.53. The number of unbranched alkanes of at least 4 members (excludes halogenated alkanes) is 8. The normalized spacial score (nSPS) is 10.2. The third-order valence-electron chi connectivity index (χ3n) is 3.81. The van der Waals surface area contributed by atoms with Crippen LogP contribution in [0.2, 0.25) is 0 Å². The van der Waals surface area contributed by atoms with E-state index < -0.39 is 29.0 Å². The first-order valence-electron chi connectivity index (χ1n) is 8.84. The van der Waals surface area contributed by atoms with E-state index in [0.717, 1.165) is 18.9 Å². The molecule has 1 aromatic carbocycles. The monoisotopic (exact) mass is 354 g/mol. The first-order chi connectivity index (χ1) is 12.1. The Morgan fingerprint density at radius 2 is 1.56 bits per heavy atom. The molecule has 25 heavy (non-hydrogen) atoms. The zero-order valence-corrected chi connectivity index (χ0v) is 14.7. The lowest BCUT2D eigenvalue weighted by atomic mass is 10.1. The Morgan fingerprint density at radius 1 is 0.920 bits per heavy atom. The van der Waals surface area contributed by atoms with E-state index in [2.05, 4.69) is 18.8 Å². The Bertz CT molecular complexity index is 603. The van der Waals surface area contributed by atoms with Gasteiger partial charge >= 0.3 is 5.97 Å². The molecule has 0 aliphatic carbocycles. The van der Waals surface area contributed by atoms with Crippen molar-refractivity contribution in [2.24, 2.45) is 0 Å². The van der Waals surface area contributed by atoms with Crippen LogP contribution in [0.15, 0.2) is 12.1 Å². The third kappa shape index (κ3) is 8.11. The number of hydrogen-bond acceptors (Lipinski definition) is 2. The smallest absolute Gasteiger partial charge is 0.342 e. The average Bonchev–Trinajstić information content (AvgIpc) is 2.60. The van der Waals surface area contributed by atoms with Gasteiger partial charge in [0, 0.05) is 6.42 Å². The lowest BCUT2D eigenvalue weighted by molar-refractivity contribution is 0.0550. The van der Waals surface area contributed by atoms with Crippen molar-refractivity contribution >= 4 is 5.97 Å². The highest BCUT2D eigenvalue weighted by molar-refractivity contribution is 5.89. The molecule has 0 radical (unpaired) electrons. The number of carbonyl (C=O) groups is 1. The lowest BCUT2D eigenvalue weighted by Crippen LogP contribution is -2.10. The van der Waals surface area contributed by atoms with Crippen LogP contribution in [-0.2, 0) is 4.74 Å². The molecule has 0 fully saturated rings. The SMILES string of the molecule is CCCCCCCCCCC#CCOC(=O)c1ccc(F)c(F)c1F. The molecular weight excluding hydrogens is 329 g/mol. The van der Waals surface area contributed by atoms with Crippen molar-refractivity contribution in [3.8, 4) is 11.8 Å². The van der Waals surface area contributed by atoms with Gasteiger partial charge < -0.3 is 4.74 Å². The van der Waals surface area contributed by atoms with E-state index in [1.807, 2.05) is 0 Å². The van der Waals surface area contributed by atoms with Crippen LogP contribution in [0.25, 0.3) is 0 Å². The van der Waals surface area contributed by atoms with Crippen LogP contribution in [0.3, 0.4) is 0 Å². The summed E-state index contributed by atoms with van der Waals surface area (Å²) in [5, 5.41) is 0. The van der Waals surface area contributed by atoms with Crippen LogP contribution in [0.1, 0.15) is 75.1 Å². The van der Waals surface area contributed by atoms with Crippen LogP contribution in [0, 0.1) is 29.3 Å². The van der Waals surface area contributed by atoms with Crippen LogP contribution in [0.5, 0.6) is 0 Å². The summed E-state index contributed by atoms with van der Waals surface area (Å²) in [4.78, 5) is 11.6. The number of rotatable bonds is 10. The van der Waals surface area contributed by atoms with E-state index in [9.17, 15) is 18.0 Å². The highest BCUT2D eigenvalue weighted by Gasteiger charge is 2.19. The maximum atomic E-state index is 13.4. The summed E-state index contributed by atoms with van der Waals surface area (Å²) in [5.41, 5.74) is -0.635. The van der Waals surface area contributed by atoms with Crippen molar-refractivity contribution < 1.29 is 22.7 Å². The molecule has 5 heteroatoms. The van der Waals surface area contributed by atoms with Crippen LogP contribution in [0.4, 0.5) is 13.2 Å². The van der Waals surface area contributed by atoms with Crippen LogP contribution < -0.4 is 0 Å². The molecule has 0 aliphatic heterocycles. The van der Waals surface area contributed by atoms with E-state index >= 15 is 0 Å². The van der Waals surface area contributed by atoms with Crippen molar-refractivity contribution in [3.63, 3.8) is 0 Å². The van der Waals surface area contributed by atoms with Crippen LogP contribution >= 0.6 is 0 Å². The number of hydrogen-bond donors (Lipinski definition) is 0. The summed E-state index contributed by atoms with van der Waals surface area (Å²) >= 11 is 0. The summed E-state index contributed by atoms with van der Waals surface area (Å²) < 4.78 is 44.0. The van der Waals surface area contributed by atoms with Gasteiger partial charge in [-0.25, -0.2) is 18.0 Å². The van der Waals surface area contributed by atoms with E-state index in [-0.39, 0.29) is 6.61 Å². The van der Waals surface area contributed by atoms with Crippen LogP contribution in [-0.4, -0.2) is 12.6 Å². The molecule has 0 aliphatic rings. The summed E-state index contributed by atoms with van der Waals surface area (Å²) in [6.45, 7) is 2.00. The molecule has 1 aromatic rings. The molecular formula is C20H25F3O2. The van der Waals surface area contributed by atoms with Gasteiger partial charge in [-0.2, -0.15) is 0 Å². The minimum absolute atomic E-state index is 0.200. The number of halogens is 3. The predicted molar refractivity (Wildman–Crippen MR) is 91.6 cm³/mol. The molecule has 0 heterocycles. The Balaban J connectivity index is 2.16. The number of ether oxygens (including phenoxy) is 1. The molecule has 0 aromatic heterocycles. The van der Waals surface area contributed by atoms with E-state index in [0.29, 0.717) is 12.5 Å². The molecule has 0 atom stereocenters. The van der Waals surface area contributed by atoms with Gasteiger partial charge in [-0.1, -0.05) is 63.7 Å². The maximum absolute atomic E-state index is 13.4. The van der Waals surface area contributed by atoms with Gasteiger partial charge in [0.05, 0.1) is 5.56 Å². The highest BCUT2D eigenvalue weighted by Crippen LogP contribution is 2.16. The van der Waals surface area contributed by atoms with Crippen molar-refractivity contribution in [1.82, 2.24) is 0 Å². The zero-order chi connectivity index (χ0) is 18.5. The molecule has 1 rings (SSSR count). The predicted octanol–water partition coefficient (Wildman–Crippen LogP) is 5.79. The standard InChI is InChI=1S/C20H25F3O2/c1-2-3-4-5-6-7-8-9-10-11-12-15-25-20(24)16-13-14-17(21)19(23)18(16)22/h13-14H,2-10,15H2,1H3. The minimum atomic E-state index is -1.68. The van der Waals surface area contributed by atoms with Gasteiger partial charge in [0.2, 0.25) is 0 Å². The van der Waals surface area contributed by atoms with Crippen molar-refractivity contribution in [2.75, 3.05) is 6.61 Å². The maximum Gasteiger partial charge on any atom is 0.342 e. The average molecular weight is 354 g/mol. The fourth-order valence-corrected chi connectivity index (χ4v) is 2.35. The van der Waals surface area contributed by atoms with Gasteiger partial charge in [-0.15, -0.1) is 0 Å². The molecule has 0 amide bonds. The van der Waals surface area contributed by atoms with Gasteiger partial charge in [-0.3, -0.25) is 0 Å². The van der Waals surface area contributed by atoms with E-state index in [1.54, 1.807) is 0 Å². The molecule has 0 spiro atoms. The Kier molecular flexibility index (Phi) is 10.5. The Labute approximate surface area is 147 Å². The first-order valence-corrected chi connectivity index (χ1v) is 8.84. The lowest BCUT2D eigenvalue weighted by Gasteiger charge is -2.03. The second-order valence-electron chi connectivity index (χ2n) is 5.88. The molecule has 0 saturated heterocycles. The first kappa shape index (κ1) is 21.1. The van der Waals surface area contributed by atoms with Crippen molar-refractivity contribution in [2.45, 2.75) is 64.7 Å². The van der Waals surface area contributed by atoms with Gasteiger partial charge in [0.1, 0.15) is 0 Å². The fourth-order valence-electron chi connectivity index (χ4n) is 2.35.